The van der Waals surface area contributed by atoms with Crippen LogP contribution in [0.25, 0.3) is 0 Å². The van der Waals surface area contributed by atoms with Gasteiger partial charge in [-0.2, -0.15) is 4.31 Å². The number of rotatable bonds is 7. The fraction of sp³-hybridized carbons (Fsp3) is 0.615. The van der Waals surface area contributed by atoms with Gasteiger partial charge in [-0.25, -0.2) is 13.4 Å². The zero-order chi connectivity index (χ0) is 14.5. The van der Waals surface area contributed by atoms with Gasteiger partial charge >= 0.3 is 0 Å². The summed E-state index contributed by atoms with van der Waals surface area (Å²) in [6, 6.07) is 3.76. The first-order chi connectivity index (χ1) is 8.87. The van der Waals surface area contributed by atoms with E-state index in [1.54, 1.807) is 25.4 Å². The molecule has 0 aliphatic rings. The quantitative estimate of drug-likeness (QED) is 0.827. The van der Waals surface area contributed by atoms with Crippen LogP contribution in [0.15, 0.2) is 23.4 Å². The number of hydrogen-bond donors (Lipinski definition) is 1. The minimum absolute atomic E-state index is 0.108. The van der Waals surface area contributed by atoms with Crippen LogP contribution < -0.4 is 5.32 Å². The van der Waals surface area contributed by atoms with Crippen LogP contribution in [0.2, 0.25) is 0 Å². The van der Waals surface area contributed by atoms with Gasteiger partial charge in [0.15, 0.2) is 5.03 Å². The van der Waals surface area contributed by atoms with Crippen LogP contribution in [0.3, 0.4) is 0 Å². The van der Waals surface area contributed by atoms with Crippen molar-refractivity contribution in [2.45, 2.75) is 44.8 Å². The molecule has 1 rings (SSSR count). The van der Waals surface area contributed by atoms with E-state index in [1.807, 2.05) is 6.92 Å². The van der Waals surface area contributed by atoms with Crippen LogP contribution in [0.1, 0.15) is 32.8 Å². The molecule has 0 unspecified atom stereocenters. The number of pyridine rings is 1. The third-order valence-corrected chi connectivity index (χ3v) is 4.50. The molecule has 1 heterocycles. The molecule has 0 spiro atoms. The van der Waals surface area contributed by atoms with Crippen molar-refractivity contribution < 1.29 is 8.42 Å². The highest BCUT2D eigenvalue weighted by Crippen LogP contribution is 2.12. The second kappa shape index (κ2) is 6.98. The molecular weight excluding hydrogens is 262 g/mol. The fourth-order valence-electron chi connectivity index (χ4n) is 1.58. The lowest BCUT2D eigenvalue weighted by Gasteiger charge is -2.15. The predicted octanol–water partition coefficient (Wildman–Crippen LogP) is 1.61. The molecule has 5 nitrogen and oxygen atoms in total. The highest BCUT2D eigenvalue weighted by molar-refractivity contribution is 7.89. The molecule has 0 aromatic carbocycles. The number of nitrogens with one attached hydrogen (secondary N) is 1. The summed E-state index contributed by atoms with van der Waals surface area (Å²) in [6.45, 7) is 7.26. The topological polar surface area (TPSA) is 62.3 Å². The Labute approximate surface area is 116 Å². The van der Waals surface area contributed by atoms with E-state index < -0.39 is 10.0 Å². The molecule has 0 saturated carbocycles. The minimum atomic E-state index is -3.45. The number of nitrogens with zero attached hydrogens (tertiary/aromatic N) is 2. The van der Waals surface area contributed by atoms with Crippen molar-refractivity contribution in [3.05, 3.63) is 23.9 Å². The Morgan fingerprint density at radius 2 is 2.05 bits per heavy atom. The van der Waals surface area contributed by atoms with Crippen LogP contribution in [0.5, 0.6) is 0 Å². The molecule has 1 N–H and O–H groups in total. The molecule has 108 valence electrons. The first-order valence-electron chi connectivity index (χ1n) is 6.52. The highest BCUT2D eigenvalue weighted by atomic mass is 32.2. The molecule has 0 fully saturated rings. The highest BCUT2D eigenvalue weighted by Gasteiger charge is 2.21. The van der Waals surface area contributed by atoms with E-state index in [9.17, 15) is 8.42 Å². The maximum absolute atomic E-state index is 12.1. The van der Waals surface area contributed by atoms with Gasteiger partial charge in [-0.15, -0.1) is 0 Å². The maximum atomic E-state index is 12.1. The van der Waals surface area contributed by atoms with Crippen molar-refractivity contribution in [3.63, 3.8) is 0 Å². The molecule has 19 heavy (non-hydrogen) atoms. The molecule has 1 aromatic rings. The summed E-state index contributed by atoms with van der Waals surface area (Å²) in [4.78, 5) is 4.06. The molecule has 6 heteroatoms. The van der Waals surface area contributed by atoms with E-state index in [4.69, 9.17) is 0 Å². The van der Waals surface area contributed by atoms with Crippen molar-refractivity contribution in [2.75, 3.05) is 13.6 Å². The summed E-state index contributed by atoms with van der Waals surface area (Å²) >= 11 is 0. The lowest BCUT2D eigenvalue weighted by Crippen LogP contribution is -2.28. The van der Waals surface area contributed by atoms with Gasteiger partial charge in [0.2, 0.25) is 0 Å². The van der Waals surface area contributed by atoms with Gasteiger partial charge in [-0.1, -0.05) is 26.8 Å². The van der Waals surface area contributed by atoms with E-state index in [1.165, 1.54) is 4.31 Å². The summed E-state index contributed by atoms with van der Waals surface area (Å²) in [5.74, 6) is 0. The van der Waals surface area contributed by atoms with Crippen LogP contribution in [-0.2, 0) is 16.6 Å². The van der Waals surface area contributed by atoms with Crippen molar-refractivity contribution in [2.24, 2.45) is 0 Å². The lowest BCUT2D eigenvalue weighted by atomic mass is 10.2. The Hall–Kier alpha value is -0.980. The van der Waals surface area contributed by atoms with Gasteiger partial charge in [-0.05, 0) is 18.1 Å². The third kappa shape index (κ3) is 4.56. The smallest absolute Gasteiger partial charge is 0.260 e. The van der Waals surface area contributed by atoms with Gasteiger partial charge in [0.05, 0.1) is 0 Å². The summed E-state index contributed by atoms with van der Waals surface area (Å²) in [5, 5.41) is 3.37. The van der Waals surface area contributed by atoms with Crippen LogP contribution in [0, 0.1) is 0 Å². The van der Waals surface area contributed by atoms with Gasteiger partial charge in [0.1, 0.15) is 0 Å². The second-order valence-corrected chi connectivity index (χ2v) is 6.86. The summed E-state index contributed by atoms with van der Waals surface area (Å²) < 4.78 is 25.6. The first-order valence-corrected chi connectivity index (χ1v) is 7.96. The molecule has 0 bridgehead atoms. The molecule has 0 aliphatic carbocycles. The van der Waals surface area contributed by atoms with E-state index in [0.29, 0.717) is 19.1 Å². The largest absolute Gasteiger partial charge is 0.310 e. The second-order valence-electron chi connectivity index (χ2n) is 4.87. The Bertz CT molecular complexity index is 483. The van der Waals surface area contributed by atoms with Crippen LogP contribution in [-0.4, -0.2) is 37.3 Å². The summed E-state index contributed by atoms with van der Waals surface area (Å²) in [7, 11) is -1.87. The van der Waals surface area contributed by atoms with Crippen LogP contribution >= 0.6 is 0 Å². The zero-order valence-corrected chi connectivity index (χ0v) is 12.9. The van der Waals surface area contributed by atoms with Crippen LogP contribution in [0.4, 0.5) is 0 Å². The lowest BCUT2D eigenvalue weighted by molar-refractivity contribution is 0.465. The van der Waals surface area contributed by atoms with Gasteiger partial charge in [0.25, 0.3) is 10.0 Å². The third-order valence-electron chi connectivity index (χ3n) is 2.73. The molecule has 0 atom stereocenters. The number of hydrogen-bond acceptors (Lipinski definition) is 4. The molecule has 0 radical (unpaired) electrons. The van der Waals surface area contributed by atoms with E-state index in [2.05, 4.69) is 24.1 Å². The Kier molecular flexibility index (Phi) is 5.90. The standard InChI is InChI=1S/C13H23N3O2S/c1-5-8-16(4)19(17,18)13-7-6-12(10-15-13)9-14-11(2)3/h6-7,10-11,14H,5,8-9H2,1-4H3. The minimum Gasteiger partial charge on any atom is -0.310 e. The van der Waals surface area contributed by atoms with Crippen molar-refractivity contribution >= 4 is 10.0 Å². The molecule has 0 amide bonds. The predicted molar refractivity (Wildman–Crippen MR) is 76.3 cm³/mol. The van der Waals surface area contributed by atoms with E-state index in [-0.39, 0.29) is 5.03 Å². The van der Waals surface area contributed by atoms with E-state index >= 15 is 0 Å². The Morgan fingerprint density at radius 1 is 1.37 bits per heavy atom. The molecule has 0 saturated heterocycles. The summed E-state index contributed by atoms with van der Waals surface area (Å²) in [6.07, 6.45) is 2.40. The number of sulfonamides is 1. The van der Waals surface area contributed by atoms with Crippen molar-refractivity contribution in [3.8, 4) is 0 Å². The average Bonchev–Trinajstić information content (AvgIpc) is 2.37. The first kappa shape index (κ1) is 16.1. The summed E-state index contributed by atoms with van der Waals surface area (Å²) in [5.41, 5.74) is 0.978. The van der Waals surface area contributed by atoms with Crippen molar-refractivity contribution in [1.29, 1.82) is 0 Å². The van der Waals surface area contributed by atoms with Gasteiger partial charge in [0, 0.05) is 32.4 Å². The number of aromatic nitrogens is 1. The normalized spacial score (nSPS) is 12.3. The molecule has 0 aliphatic heterocycles. The fourth-order valence-corrected chi connectivity index (χ4v) is 2.75. The maximum Gasteiger partial charge on any atom is 0.260 e. The van der Waals surface area contributed by atoms with Crippen molar-refractivity contribution in [1.82, 2.24) is 14.6 Å². The molecule has 1 aromatic heterocycles. The van der Waals surface area contributed by atoms with E-state index in [0.717, 1.165) is 12.0 Å². The van der Waals surface area contributed by atoms with Gasteiger partial charge in [-0.3, -0.25) is 0 Å². The monoisotopic (exact) mass is 285 g/mol. The molecular formula is C13H23N3O2S. The SMILES string of the molecule is CCCN(C)S(=O)(=O)c1ccc(CNC(C)C)cn1. The Balaban J connectivity index is 2.80. The average molecular weight is 285 g/mol. The Morgan fingerprint density at radius 3 is 2.53 bits per heavy atom. The van der Waals surface area contributed by atoms with Gasteiger partial charge < -0.3 is 5.32 Å². The zero-order valence-electron chi connectivity index (χ0n) is 12.0.